The summed E-state index contributed by atoms with van der Waals surface area (Å²) in [5.41, 5.74) is -0.664. The summed E-state index contributed by atoms with van der Waals surface area (Å²) in [6.07, 6.45) is 6.33. The Balaban J connectivity index is 2.76. The molecule has 1 unspecified atom stereocenters. The molecule has 0 aromatic rings. The number of hydrogen-bond donors (Lipinski definition) is 3. The zero-order valence-electron chi connectivity index (χ0n) is 11.1. The summed E-state index contributed by atoms with van der Waals surface area (Å²) in [4.78, 5) is 23.4. The molecule has 0 saturated carbocycles. The summed E-state index contributed by atoms with van der Waals surface area (Å²) < 4.78 is 5.13. The van der Waals surface area contributed by atoms with E-state index in [1.807, 2.05) is 0 Å². The van der Waals surface area contributed by atoms with E-state index >= 15 is 0 Å². The number of hydrogen-bond acceptors (Lipinski definition) is 4. The zero-order valence-corrected chi connectivity index (χ0v) is 11.1. The average Bonchev–Trinajstić information content (AvgIpc) is 2.39. The van der Waals surface area contributed by atoms with Crippen molar-refractivity contribution in [2.75, 3.05) is 26.8 Å². The molecule has 0 aromatic carbocycles. The summed E-state index contributed by atoms with van der Waals surface area (Å²) in [5, 5.41) is 14.7. The molecular formula is C13H20N2O4. The molecular weight excluding hydrogens is 248 g/mol. The normalized spacial score (nSPS) is 19.2. The van der Waals surface area contributed by atoms with E-state index in [0.29, 0.717) is 25.9 Å². The molecule has 1 saturated heterocycles. The number of ether oxygens (including phenoxy) is 1. The molecule has 0 bridgehead atoms. The average molecular weight is 268 g/mol. The minimum Gasteiger partial charge on any atom is -0.480 e. The van der Waals surface area contributed by atoms with Crippen LogP contribution in [-0.4, -0.2) is 49.8 Å². The predicted octanol–water partition coefficient (Wildman–Crippen LogP) is -0.405. The van der Waals surface area contributed by atoms with E-state index in [-0.39, 0.29) is 18.9 Å². The fourth-order valence-electron chi connectivity index (χ4n) is 2.25. The van der Waals surface area contributed by atoms with Crippen LogP contribution in [0.1, 0.15) is 19.3 Å². The Bertz CT molecular complexity index is 364. The maximum atomic E-state index is 12.3. The van der Waals surface area contributed by atoms with Crippen molar-refractivity contribution < 1.29 is 19.4 Å². The predicted molar refractivity (Wildman–Crippen MR) is 69.4 cm³/mol. The fourth-order valence-corrected chi connectivity index (χ4v) is 2.25. The first-order chi connectivity index (χ1) is 9.05. The number of piperidine rings is 1. The number of rotatable bonds is 6. The lowest BCUT2D eigenvalue weighted by molar-refractivity contribution is -0.145. The largest absolute Gasteiger partial charge is 0.480 e. The second kappa shape index (κ2) is 7.12. The van der Waals surface area contributed by atoms with Gasteiger partial charge in [0.1, 0.15) is 6.04 Å². The van der Waals surface area contributed by atoms with Crippen molar-refractivity contribution in [3.05, 3.63) is 0 Å². The van der Waals surface area contributed by atoms with Gasteiger partial charge in [-0.15, -0.1) is 12.3 Å². The standard InChI is InChI=1S/C13H20N2O4/c1-3-4-10(11(16)17)15-12(18)13(9-19-2)5-7-14-8-6-13/h1,10,14H,4-9H2,2H3,(H,15,18)(H,16,17). The zero-order chi connectivity index (χ0) is 14.3. The number of methoxy groups -OCH3 is 1. The molecule has 1 fully saturated rings. The number of terminal acetylenes is 1. The molecule has 1 aliphatic heterocycles. The van der Waals surface area contributed by atoms with Crippen LogP contribution < -0.4 is 10.6 Å². The molecule has 1 heterocycles. The quantitative estimate of drug-likeness (QED) is 0.570. The van der Waals surface area contributed by atoms with Gasteiger partial charge in [-0.2, -0.15) is 0 Å². The van der Waals surface area contributed by atoms with Gasteiger partial charge in [-0.05, 0) is 25.9 Å². The molecule has 1 aliphatic rings. The van der Waals surface area contributed by atoms with Crippen LogP contribution in [-0.2, 0) is 14.3 Å². The van der Waals surface area contributed by atoms with Crippen molar-refractivity contribution in [1.29, 1.82) is 0 Å². The highest BCUT2D eigenvalue weighted by Crippen LogP contribution is 2.29. The molecule has 19 heavy (non-hydrogen) atoms. The molecule has 106 valence electrons. The van der Waals surface area contributed by atoms with Gasteiger partial charge < -0.3 is 20.5 Å². The van der Waals surface area contributed by atoms with E-state index in [2.05, 4.69) is 16.6 Å². The first-order valence-corrected chi connectivity index (χ1v) is 6.22. The Kier molecular flexibility index (Phi) is 5.80. The number of carboxylic acid groups (broad SMARTS) is 1. The van der Waals surface area contributed by atoms with Crippen LogP contribution in [0, 0.1) is 17.8 Å². The lowest BCUT2D eigenvalue weighted by Crippen LogP contribution is -2.53. The summed E-state index contributed by atoms with van der Waals surface area (Å²) >= 11 is 0. The summed E-state index contributed by atoms with van der Waals surface area (Å²) in [6, 6.07) is -1.04. The number of carbonyl (C=O) groups is 2. The van der Waals surface area contributed by atoms with E-state index in [0.717, 1.165) is 0 Å². The van der Waals surface area contributed by atoms with Crippen LogP contribution in [0.4, 0.5) is 0 Å². The van der Waals surface area contributed by atoms with Crippen LogP contribution in [0.25, 0.3) is 0 Å². The van der Waals surface area contributed by atoms with E-state index in [9.17, 15) is 9.59 Å². The van der Waals surface area contributed by atoms with Crippen molar-refractivity contribution in [2.24, 2.45) is 5.41 Å². The van der Waals surface area contributed by atoms with Gasteiger partial charge in [0, 0.05) is 13.5 Å². The molecule has 6 heteroatoms. The van der Waals surface area contributed by atoms with Gasteiger partial charge in [-0.3, -0.25) is 4.79 Å². The Morgan fingerprint density at radius 3 is 2.63 bits per heavy atom. The number of nitrogens with one attached hydrogen (secondary N) is 2. The van der Waals surface area contributed by atoms with E-state index in [1.54, 1.807) is 0 Å². The van der Waals surface area contributed by atoms with Crippen LogP contribution in [0.5, 0.6) is 0 Å². The van der Waals surface area contributed by atoms with Gasteiger partial charge in [0.2, 0.25) is 5.91 Å². The van der Waals surface area contributed by atoms with Crippen LogP contribution in [0.2, 0.25) is 0 Å². The van der Waals surface area contributed by atoms with Gasteiger partial charge in [0.25, 0.3) is 0 Å². The van der Waals surface area contributed by atoms with Crippen molar-refractivity contribution in [3.63, 3.8) is 0 Å². The van der Waals surface area contributed by atoms with Gasteiger partial charge in [0.15, 0.2) is 0 Å². The SMILES string of the molecule is C#CCC(NC(=O)C1(COC)CCNCC1)C(=O)O. The molecule has 1 amide bonds. The number of aliphatic carboxylic acids is 1. The number of carbonyl (C=O) groups excluding carboxylic acids is 1. The number of amides is 1. The summed E-state index contributed by atoms with van der Waals surface area (Å²) in [7, 11) is 1.53. The Morgan fingerprint density at radius 2 is 2.16 bits per heavy atom. The first kappa shape index (κ1) is 15.5. The maximum Gasteiger partial charge on any atom is 0.327 e. The highest BCUT2D eigenvalue weighted by Gasteiger charge is 2.41. The minimum atomic E-state index is -1.12. The molecule has 0 aliphatic carbocycles. The highest BCUT2D eigenvalue weighted by atomic mass is 16.5. The lowest BCUT2D eigenvalue weighted by atomic mass is 9.78. The maximum absolute atomic E-state index is 12.3. The Morgan fingerprint density at radius 1 is 1.53 bits per heavy atom. The topological polar surface area (TPSA) is 87.7 Å². The van der Waals surface area contributed by atoms with Crippen LogP contribution >= 0.6 is 0 Å². The van der Waals surface area contributed by atoms with Gasteiger partial charge >= 0.3 is 5.97 Å². The monoisotopic (exact) mass is 268 g/mol. The molecule has 1 rings (SSSR count). The van der Waals surface area contributed by atoms with Crippen molar-refractivity contribution in [1.82, 2.24) is 10.6 Å². The molecule has 1 atom stereocenters. The molecule has 3 N–H and O–H groups in total. The third-order valence-corrected chi connectivity index (χ3v) is 3.39. The smallest absolute Gasteiger partial charge is 0.327 e. The third kappa shape index (κ3) is 3.94. The third-order valence-electron chi connectivity index (χ3n) is 3.39. The van der Waals surface area contributed by atoms with Crippen molar-refractivity contribution in [3.8, 4) is 12.3 Å². The second-order valence-electron chi connectivity index (χ2n) is 4.74. The highest BCUT2D eigenvalue weighted by molar-refractivity contribution is 5.87. The van der Waals surface area contributed by atoms with Crippen molar-refractivity contribution in [2.45, 2.75) is 25.3 Å². The van der Waals surface area contributed by atoms with Gasteiger partial charge in [0.05, 0.1) is 12.0 Å². The lowest BCUT2D eigenvalue weighted by Gasteiger charge is -2.36. The number of carboxylic acids is 1. The second-order valence-corrected chi connectivity index (χ2v) is 4.74. The summed E-state index contributed by atoms with van der Waals surface area (Å²) in [5.74, 6) is 0.852. The van der Waals surface area contributed by atoms with E-state index in [1.165, 1.54) is 7.11 Å². The Labute approximate surface area is 112 Å². The Hall–Kier alpha value is -1.58. The van der Waals surface area contributed by atoms with Crippen LogP contribution in [0.15, 0.2) is 0 Å². The van der Waals surface area contributed by atoms with Crippen LogP contribution in [0.3, 0.4) is 0 Å². The summed E-state index contributed by atoms with van der Waals surface area (Å²) in [6.45, 7) is 1.70. The minimum absolute atomic E-state index is 0.0254. The van der Waals surface area contributed by atoms with E-state index < -0.39 is 17.4 Å². The fraction of sp³-hybridized carbons (Fsp3) is 0.692. The molecule has 0 radical (unpaired) electrons. The molecule has 0 spiro atoms. The van der Waals surface area contributed by atoms with Crippen molar-refractivity contribution >= 4 is 11.9 Å². The molecule has 6 nitrogen and oxygen atoms in total. The van der Waals surface area contributed by atoms with Gasteiger partial charge in [-0.1, -0.05) is 0 Å². The first-order valence-electron chi connectivity index (χ1n) is 6.22. The van der Waals surface area contributed by atoms with Gasteiger partial charge in [-0.25, -0.2) is 4.79 Å². The molecule has 0 aromatic heterocycles. The van der Waals surface area contributed by atoms with E-state index in [4.69, 9.17) is 16.3 Å².